The molecule has 0 aliphatic carbocycles. The highest BCUT2D eigenvalue weighted by Gasteiger charge is 2.17. The van der Waals surface area contributed by atoms with Crippen LogP contribution in [0, 0.1) is 6.92 Å². The van der Waals surface area contributed by atoms with Crippen LogP contribution in [0.15, 0.2) is 24.3 Å². The molecule has 1 atom stereocenters. The van der Waals surface area contributed by atoms with Crippen LogP contribution in [0.5, 0.6) is 0 Å². The molecule has 0 bridgehead atoms. The molecule has 1 N–H and O–H groups in total. The first-order valence-electron chi connectivity index (χ1n) is 6.81. The maximum absolute atomic E-state index is 12.0. The lowest BCUT2D eigenvalue weighted by Crippen LogP contribution is -2.41. The Morgan fingerprint density at radius 2 is 2.26 bits per heavy atom. The van der Waals surface area contributed by atoms with E-state index in [2.05, 4.69) is 17.3 Å². The van der Waals surface area contributed by atoms with Crippen molar-refractivity contribution in [3.05, 3.63) is 35.4 Å². The lowest BCUT2D eigenvalue weighted by Gasteiger charge is -2.30. The van der Waals surface area contributed by atoms with Gasteiger partial charge in [-0.2, -0.15) is 0 Å². The summed E-state index contributed by atoms with van der Waals surface area (Å²) >= 11 is 0. The number of amides is 1. The average molecular weight is 262 g/mol. The molecule has 104 valence electrons. The van der Waals surface area contributed by atoms with Gasteiger partial charge in [0.2, 0.25) is 0 Å². The Morgan fingerprint density at radius 1 is 1.47 bits per heavy atom. The van der Waals surface area contributed by atoms with Crippen molar-refractivity contribution in [3.8, 4) is 0 Å². The number of hydrogen-bond donors (Lipinski definition) is 1. The molecule has 1 aliphatic rings. The van der Waals surface area contributed by atoms with Crippen molar-refractivity contribution < 1.29 is 9.53 Å². The minimum Gasteiger partial charge on any atom is -0.375 e. The van der Waals surface area contributed by atoms with Crippen molar-refractivity contribution in [1.82, 2.24) is 10.2 Å². The van der Waals surface area contributed by atoms with E-state index in [0.29, 0.717) is 6.54 Å². The Hall–Kier alpha value is -1.39. The fraction of sp³-hybridized carbons (Fsp3) is 0.533. The van der Waals surface area contributed by atoms with Crippen molar-refractivity contribution in [2.24, 2.45) is 0 Å². The molecule has 1 aliphatic heterocycles. The van der Waals surface area contributed by atoms with Crippen LogP contribution >= 0.6 is 0 Å². The molecule has 4 heteroatoms. The maximum Gasteiger partial charge on any atom is 0.251 e. The molecule has 0 radical (unpaired) electrons. The first-order chi connectivity index (χ1) is 9.16. The van der Waals surface area contributed by atoms with Crippen LogP contribution in [0.2, 0.25) is 0 Å². The number of rotatable bonds is 4. The lowest BCUT2D eigenvalue weighted by molar-refractivity contribution is -0.0226. The van der Waals surface area contributed by atoms with Crippen molar-refractivity contribution >= 4 is 5.91 Å². The molecule has 1 amide bonds. The third-order valence-corrected chi connectivity index (χ3v) is 3.48. The number of morpholine rings is 1. The molecule has 2 rings (SSSR count). The molecule has 0 aromatic heterocycles. The van der Waals surface area contributed by atoms with Crippen molar-refractivity contribution in [1.29, 1.82) is 0 Å². The Labute approximate surface area is 114 Å². The molecule has 1 aromatic rings. The number of nitrogens with one attached hydrogen (secondary N) is 1. The Kier molecular flexibility index (Phi) is 4.93. The summed E-state index contributed by atoms with van der Waals surface area (Å²) in [4.78, 5) is 14.3. The average Bonchev–Trinajstić information content (AvgIpc) is 2.39. The van der Waals surface area contributed by atoms with Crippen LogP contribution in [0.1, 0.15) is 22.3 Å². The minimum atomic E-state index is 0.00210. The van der Waals surface area contributed by atoms with Gasteiger partial charge < -0.3 is 15.0 Å². The summed E-state index contributed by atoms with van der Waals surface area (Å²) < 4.78 is 5.67. The topological polar surface area (TPSA) is 41.6 Å². The molecular formula is C15H22N2O2. The van der Waals surface area contributed by atoms with E-state index in [0.717, 1.165) is 37.2 Å². The van der Waals surface area contributed by atoms with Crippen LogP contribution in [-0.2, 0) is 4.74 Å². The second kappa shape index (κ2) is 6.68. The van der Waals surface area contributed by atoms with Crippen molar-refractivity contribution in [2.75, 3.05) is 33.3 Å². The van der Waals surface area contributed by atoms with E-state index in [1.807, 2.05) is 31.2 Å². The molecule has 1 heterocycles. The van der Waals surface area contributed by atoms with Gasteiger partial charge in [0.15, 0.2) is 0 Å². The number of likely N-dealkylation sites (N-methyl/N-ethyl adjacent to an activating group) is 1. The third kappa shape index (κ3) is 4.04. The standard InChI is InChI=1S/C15H22N2O2/c1-12-5-3-4-6-14(12)15(18)16-8-7-13-11-17(2)9-10-19-13/h3-6,13H,7-11H2,1-2H3,(H,16,18). The van der Waals surface area contributed by atoms with E-state index in [1.165, 1.54) is 0 Å². The number of nitrogens with zero attached hydrogens (tertiary/aromatic N) is 1. The number of ether oxygens (including phenoxy) is 1. The number of benzene rings is 1. The zero-order valence-corrected chi connectivity index (χ0v) is 11.7. The van der Waals surface area contributed by atoms with Gasteiger partial charge in [-0.05, 0) is 32.0 Å². The molecular weight excluding hydrogens is 240 g/mol. The van der Waals surface area contributed by atoms with Gasteiger partial charge in [-0.15, -0.1) is 0 Å². The summed E-state index contributed by atoms with van der Waals surface area (Å²) in [5.41, 5.74) is 1.76. The number of carbonyl (C=O) groups excluding carboxylic acids is 1. The number of aryl methyl sites for hydroxylation is 1. The molecule has 4 nitrogen and oxygen atoms in total. The summed E-state index contributed by atoms with van der Waals surface area (Å²) in [5, 5.41) is 2.96. The normalized spacial score (nSPS) is 20.2. The quantitative estimate of drug-likeness (QED) is 0.893. The maximum atomic E-state index is 12.0. The highest BCUT2D eigenvalue weighted by atomic mass is 16.5. The van der Waals surface area contributed by atoms with Crippen molar-refractivity contribution in [3.63, 3.8) is 0 Å². The molecule has 0 spiro atoms. The molecule has 1 fully saturated rings. The lowest BCUT2D eigenvalue weighted by atomic mass is 10.1. The zero-order chi connectivity index (χ0) is 13.7. The zero-order valence-electron chi connectivity index (χ0n) is 11.7. The SMILES string of the molecule is Cc1ccccc1C(=O)NCCC1CN(C)CCO1. The molecule has 1 unspecified atom stereocenters. The Morgan fingerprint density at radius 3 is 3.00 bits per heavy atom. The first-order valence-corrected chi connectivity index (χ1v) is 6.81. The van der Waals surface area contributed by atoms with Gasteiger partial charge in [0.05, 0.1) is 12.7 Å². The monoisotopic (exact) mass is 262 g/mol. The van der Waals surface area contributed by atoms with Gasteiger partial charge in [-0.3, -0.25) is 4.79 Å². The van der Waals surface area contributed by atoms with Crippen LogP contribution in [0.4, 0.5) is 0 Å². The Bertz CT molecular complexity index is 434. The van der Waals surface area contributed by atoms with Crippen LogP contribution in [0.25, 0.3) is 0 Å². The smallest absolute Gasteiger partial charge is 0.251 e. The summed E-state index contributed by atoms with van der Waals surface area (Å²) in [7, 11) is 2.10. The minimum absolute atomic E-state index is 0.00210. The van der Waals surface area contributed by atoms with Gasteiger partial charge >= 0.3 is 0 Å². The van der Waals surface area contributed by atoms with E-state index in [1.54, 1.807) is 0 Å². The third-order valence-electron chi connectivity index (χ3n) is 3.48. The van der Waals surface area contributed by atoms with Gasteiger partial charge in [0.25, 0.3) is 5.91 Å². The Balaban J connectivity index is 1.76. The fourth-order valence-corrected chi connectivity index (χ4v) is 2.31. The fourth-order valence-electron chi connectivity index (χ4n) is 2.31. The molecule has 19 heavy (non-hydrogen) atoms. The number of carbonyl (C=O) groups is 1. The highest BCUT2D eigenvalue weighted by molar-refractivity contribution is 5.95. The van der Waals surface area contributed by atoms with Gasteiger partial charge in [0.1, 0.15) is 0 Å². The van der Waals surface area contributed by atoms with E-state index < -0.39 is 0 Å². The van der Waals surface area contributed by atoms with E-state index in [4.69, 9.17) is 4.74 Å². The largest absolute Gasteiger partial charge is 0.375 e. The van der Waals surface area contributed by atoms with Gasteiger partial charge in [0, 0.05) is 25.2 Å². The summed E-state index contributed by atoms with van der Waals surface area (Å²) in [5.74, 6) is 0.00210. The summed E-state index contributed by atoms with van der Waals surface area (Å²) in [6.45, 7) is 5.33. The second-order valence-corrected chi connectivity index (χ2v) is 5.11. The van der Waals surface area contributed by atoms with Crippen LogP contribution in [-0.4, -0.2) is 50.2 Å². The second-order valence-electron chi connectivity index (χ2n) is 5.11. The highest BCUT2D eigenvalue weighted by Crippen LogP contribution is 2.08. The molecule has 1 saturated heterocycles. The first kappa shape index (κ1) is 14.0. The summed E-state index contributed by atoms with van der Waals surface area (Å²) in [6, 6.07) is 7.64. The molecule has 1 aromatic carbocycles. The van der Waals surface area contributed by atoms with Crippen LogP contribution < -0.4 is 5.32 Å². The predicted octanol–water partition coefficient (Wildman–Crippen LogP) is 1.45. The van der Waals surface area contributed by atoms with Crippen molar-refractivity contribution in [2.45, 2.75) is 19.4 Å². The van der Waals surface area contributed by atoms with E-state index >= 15 is 0 Å². The van der Waals surface area contributed by atoms with Gasteiger partial charge in [-0.1, -0.05) is 18.2 Å². The van der Waals surface area contributed by atoms with E-state index in [9.17, 15) is 4.79 Å². The van der Waals surface area contributed by atoms with Gasteiger partial charge in [-0.25, -0.2) is 0 Å². The molecule has 0 saturated carbocycles. The number of hydrogen-bond acceptors (Lipinski definition) is 3. The van der Waals surface area contributed by atoms with E-state index in [-0.39, 0.29) is 12.0 Å². The predicted molar refractivity (Wildman–Crippen MR) is 75.4 cm³/mol. The summed E-state index contributed by atoms with van der Waals surface area (Å²) in [6.07, 6.45) is 1.10. The van der Waals surface area contributed by atoms with Crippen LogP contribution in [0.3, 0.4) is 0 Å².